The predicted octanol–water partition coefficient (Wildman–Crippen LogP) is 2.92. The molecule has 0 aliphatic carbocycles. The van der Waals surface area contributed by atoms with Crippen molar-refractivity contribution in [3.8, 4) is 17.7 Å². The molecule has 1 aromatic carbocycles. The number of nitrogen functional groups attached to an aromatic ring is 1. The van der Waals surface area contributed by atoms with Gasteiger partial charge < -0.3 is 15.4 Å². The van der Waals surface area contributed by atoms with Crippen molar-refractivity contribution in [1.29, 1.82) is 0 Å². The first-order valence-electron chi connectivity index (χ1n) is 9.66. The molecule has 0 saturated carbocycles. The van der Waals surface area contributed by atoms with Crippen LogP contribution >= 0.6 is 0 Å². The van der Waals surface area contributed by atoms with Crippen molar-refractivity contribution in [2.45, 2.75) is 32.4 Å². The molecule has 8 nitrogen and oxygen atoms in total. The lowest BCUT2D eigenvalue weighted by atomic mass is 10.1. The van der Waals surface area contributed by atoms with Crippen LogP contribution in [0, 0.1) is 0 Å². The Balaban J connectivity index is 1.70. The molecule has 0 amide bonds. The van der Waals surface area contributed by atoms with Crippen LogP contribution < -0.4 is 5.73 Å². The summed E-state index contributed by atoms with van der Waals surface area (Å²) in [5.41, 5.74) is 9.33. The van der Waals surface area contributed by atoms with Gasteiger partial charge in [0, 0.05) is 18.9 Å². The molecule has 0 atom stereocenters. The van der Waals surface area contributed by atoms with Crippen molar-refractivity contribution in [2.24, 2.45) is 0 Å². The summed E-state index contributed by atoms with van der Waals surface area (Å²) in [6.45, 7) is 1.24. The molecular formula is C21H21N7O. The largest absolute Gasteiger partial charge is 0.480 e. The number of hydrogen-bond acceptors (Lipinski definition) is 6. The molecule has 3 N–H and O–H groups in total. The molecule has 0 radical (unpaired) electrons. The Morgan fingerprint density at radius 2 is 1.97 bits per heavy atom. The van der Waals surface area contributed by atoms with E-state index in [2.05, 4.69) is 44.2 Å². The topological polar surface area (TPSA) is 108 Å². The van der Waals surface area contributed by atoms with E-state index in [1.165, 1.54) is 5.56 Å². The van der Waals surface area contributed by atoms with Gasteiger partial charge in [-0.05, 0) is 30.4 Å². The molecular weight excluding hydrogens is 366 g/mol. The van der Waals surface area contributed by atoms with Crippen LogP contribution in [0.5, 0.6) is 6.01 Å². The molecule has 29 heavy (non-hydrogen) atoms. The molecule has 4 aromatic rings. The first-order chi connectivity index (χ1) is 14.2. The highest BCUT2D eigenvalue weighted by Gasteiger charge is 2.19. The van der Waals surface area contributed by atoms with Gasteiger partial charge in [0.15, 0.2) is 28.6 Å². The second kappa shape index (κ2) is 7.05. The lowest BCUT2D eigenvalue weighted by molar-refractivity contribution is 0.408. The molecule has 0 fully saturated rings. The summed E-state index contributed by atoms with van der Waals surface area (Å²) >= 11 is 0. The van der Waals surface area contributed by atoms with Crippen LogP contribution in [-0.2, 0) is 19.5 Å². The van der Waals surface area contributed by atoms with Gasteiger partial charge >= 0.3 is 0 Å². The molecule has 0 saturated heterocycles. The summed E-state index contributed by atoms with van der Waals surface area (Å²) in [4.78, 5) is 17.7. The molecule has 1 aliphatic heterocycles. The van der Waals surface area contributed by atoms with E-state index < -0.39 is 0 Å². The van der Waals surface area contributed by atoms with E-state index in [0.29, 0.717) is 29.4 Å². The Morgan fingerprint density at radius 3 is 2.90 bits per heavy atom. The zero-order valence-corrected chi connectivity index (χ0v) is 15.9. The molecule has 4 bridgehead atoms. The summed E-state index contributed by atoms with van der Waals surface area (Å²) in [5, 5.41) is 10.5. The van der Waals surface area contributed by atoms with E-state index in [0.717, 1.165) is 31.4 Å². The van der Waals surface area contributed by atoms with E-state index in [4.69, 9.17) is 5.73 Å². The van der Waals surface area contributed by atoms with Gasteiger partial charge in [0.2, 0.25) is 0 Å². The number of nitrogens with two attached hydrogens (primary N) is 1. The Bertz CT molecular complexity index is 1220. The highest BCUT2D eigenvalue weighted by atomic mass is 16.3. The number of aromatic hydroxyl groups is 1. The minimum atomic E-state index is -0.132. The average Bonchev–Trinajstić information content (AvgIpc) is 3.30. The molecule has 146 valence electrons. The smallest absolute Gasteiger partial charge is 0.296 e. The number of allylic oxidation sites excluding steroid dienone is 2. The first kappa shape index (κ1) is 17.4. The van der Waals surface area contributed by atoms with Gasteiger partial charge in [-0.3, -0.25) is 4.57 Å². The number of aromatic nitrogens is 6. The van der Waals surface area contributed by atoms with Gasteiger partial charge in [0.05, 0.1) is 6.54 Å². The first-order valence-corrected chi connectivity index (χ1v) is 9.66. The van der Waals surface area contributed by atoms with Crippen LogP contribution in [0.3, 0.4) is 0 Å². The van der Waals surface area contributed by atoms with Gasteiger partial charge in [0.25, 0.3) is 6.01 Å². The minimum absolute atomic E-state index is 0.132. The van der Waals surface area contributed by atoms with Gasteiger partial charge in [0.1, 0.15) is 0 Å². The summed E-state index contributed by atoms with van der Waals surface area (Å²) in [6, 6.07) is 8.18. The second-order valence-corrected chi connectivity index (χ2v) is 7.18. The zero-order chi connectivity index (χ0) is 19.8. The Kier molecular flexibility index (Phi) is 4.23. The highest BCUT2D eigenvalue weighted by molar-refractivity contribution is 5.84. The number of aryl methyl sites for hydroxylation is 1. The molecule has 4 heterocycles. The molecule has 3 aromatic heterocycles. The van der Waals surface area contributed by atoms with Crippen LogP contribution in [0.2, 0.25) is 0 Å². The third-order valence-electron chi connectivity index (χ3n) is 5.14. The number of benzene rings is 1. The third-order valence-corrected chi connectivity index (χ3v) is 5.14. The van der Waals surface area contributed by atoms with Gasteiger partial charge in [-0.2, -0.15) is 4.98 Å². The lowest BCUT2D eigenvalue weighted by Crippen LogP contribution is -2.07. The number of hydrogen-bond donors (Lipinski definition) is 2. The van der Waals surface area contributed by atoms with Crippen molar-refractivity contribution >= 4 is 17.0 Å². The van der Waals surface area contributed by atoms with Crippen molar-refractivity contribution in [3.63, 3.8) is 0 Å². The molecule has 0 unspecified atom stereocenters. The monoisotopic (exact) mass is 387 g/mol. The van der Waals surface area contributed by atoms with Crippen molar-refractivity contribution in [1.82, 2.24) is 29.1 Å². The number of fused-ring (bicyclic) bond motifs is 5. The Morgan fingerprint density at radius 1 is 1.07 bits per heavy atom. The predicted molar refractivity (Wildman–Crippen MR) is 110 cm³/mol. The Labute approximate surface area is 167 Å². The third kappa shape index (κ3) is 3.22. The molecule has 8 heteroatoms. The lowest BCUT2D eigenvalue weighted by Gasteiger charge is -2.10. The van der Waals surface area contributed by atoms with Gasteiger partial charge in [-0.1, -0.05) is 36.4 Å². The number of imidazole rings is 2. The van der Waals surface area contributed by atoms with Crippen LogP contribution in [-0.4, -0.2) is 34.2 Å². The van der Waals surface area contributed by atoms with Crippen molar-refractivity contribution < 1.29 is 5.11 Å². The average molecular weight is 387 g/mol. The quantitative estimate of drug-likeness (QED) is 0.449. The molecule has 1 aliphatic rings. The summed E-state index contributed by atoms with van der Waals surface area (Å²) in [5.74, 6) is 1.31. The van der Waals surface area contributed by atoms with Crippen LogP contribution in [0.4, 0.5) is 5.82 Å². The number of rotatable bonds is 0. The van der Waals surface area contributed by atoms with E-state index in [1.54, 1.807) is 10.8 Å². The summed E-state index contributed by atoms with van der Waals surface area (Å²) in [6.07, 6.45) is 10.9. The Hall–Kier alpha value is -3.68. The van der Waals surface area contributed by atoms with Gasteiger partial charge in [-0.15, -0.1) is 0 Å². The second-order valence-electron chi connectivity index (χ2n) is 7.18. The van der Waals surface area contributed by atoms with Crippen LogP contribution in [0.25, 0.3) is 22.8 Å². The minimum Gasteiger partial charge on any atom is -0.480 e. The number of nitrogens with zero attached hydrogens (tertiary/aromatic N) is 6. The zero-order valence-electron chi connectivity index (χ0n) is 15.9. The van der Waals surface area contributed by atoms with E-state index >= 15 is 0 Å². The summed E-state index contributed by atoms with van der Waals surface area (Å²) in [7, 11) is 0. The maximum Gasteiger partial charge on any atom is 0.296 e. The molecule has 5 rings (SSSR count). The fourth-order valence-corrected chi connectivity index (χ4v) is 3.71. The number of anilines is 1. The van der Waals surface area contributed by atoms with E-state index in [-0.39, 0.29) is 11.8 Å². The standard InChI is InChI=1S/C21H21N7O/c22-17-16-19-26-18(25-17)20-23-9-11-27(20)10-4-2-1-3-6-14-7-5-8-15(12-14)13-28(19)21(29)24-16/h1,3,5,7-9,11-12H,2,4,6,10,13H2,(H,24,29)(H2,22,25,26)/b3-1+. The normalized spacial score (nSPS) is 15.4. The van der Waals surface area contributed by atoms with Crippen molar-refractivity contribution in [3.05, 3.63) is 59.9 Å². The van der Waals surface area contributed by atoms with Crippen LogP contribution in [0.15, 0.2) is 48.8 Å². The summed E-state index contributed by atoms with van der Waals surface area (Å²) < 4.78 is 3.69. The van der Waals surface area contributed by atoms with E-state index in [9.17, 15) is 5.11 Å². The highest BCUT2D eigenvalue weighted by Crippen LogP contribution is 2.27. The van der Waals surface area contributed by atoms with E-state index in [1.807, 2.05) is 22.9 Å². The van der Waals surface area contributed by atoms with Crippen molar-refractivity contribution in [2.75, 3.05) is 5.73 Å². The maximum absolute atomic E-state index is 10.5. The fourth-order valence-electron chi connectivity index (χ4n) is 3.71. The van der Waals surface area contributed by atoms with Gasteiger partial charge in [-0.25, -0.2) is 15.0 Å². The molecule has 0 spiro atoms. The maximum atomic E-state index is 10.5. The van der Waals surface area contributed by atoms with Crippen LogP contribution in [0.1, 0.15) is 24.0 Å². The fraction of sp³-hybridized carbons (Fsp3) is 0.238. The SMILES string of the molecule is Nc1nc2nc3c1nc(O)n3Cc1cccc(c1)C/C=C/CCCn1ccnc1-2.